The summed E-state index contributed by atoms with van der Waals surface area (Å²) in [7, 11) is 0. The molecule has 3 aromatic rings. The van der Waals surface area contributed by atoms with Crippen molar-refractivity contribution < 1.29 is 8.91 Å². The zero-order valence-corrected chi connectivity index (χ0v) is 17.2. The van der Waals surface area contributed by atoms with E-state index in [9.17, 15) is 4.39 Å². The zero-order chi connectivity index (χ0) is 20.9. The van der Waals surface area contributed by atoms with E-state index in [0.29, 0.717) is 23.8 Å². The maximum absolute atomic E-state index is 14.7. The molecule has 1 fully saturated rings. The molecular formula is C24H27FN4O. The molecular weight excluding hydrogens is 379 g/mol. The number of likely N-dealkylation sites (tertiary alicyclic amines) is 1. The lowest BCUT2D eigenvalue weighted by Gasteiger charge is -2.27. The third-order valence-electron chi connectivity index (χ3n) is 5.67. The van der Waals surface area contributed by atoms with E-state index in [-0.39, 0.29) is 11.7 Å². The molecule has 0 amide bonds. The first-order valence-electron chi connectivity index (χ1n) is 10.5. The summed E-state index contributed by atoms with van der Waals surface area (Å²) in [6.45, 7) is 4.27. The summed E-state index contributed by atoms with van der Waals surface area (Å²) < 4.78 is 20.2. The van der Waals surface area contributed by atoms with Crippen molar-refractivity contribution in [2.24, 2.45) is 10.7 Å². The van der Waals surface area contributed by atoms with Crippen molar-refractivity contribution in [1.82, 2.24) is 10.1 Å². The number of rotatable bonds is 5. The van der Waals surface area contributed by atoms with E-state index in [2.05, 4.69) is 15.0 Å². The quantitative estimate of drug-likeness (QED) is 0.482. The van der Waals surface area contributed by atoms with Gasteiger partial charge in [0.15, 0.2) is 5.96 Å². The average molecular weight is 407 g/mol. The van der Waals surface area contributed by atoms with E-state index in [4.69, 9.17) is 10.3 Å². The Balaban J connectivity index is 1.45. The van der Waals surface area contributed by atoms with Crippen molar-refractivity contribution in [3.8, 4) is 11.1 Å². The number of aromatic nitrogens is 1. The SMILES string of the molecule is CC(c1ccc(-c2ccccc2)c(F)c1)c1cc(CN=C(N)N2CCCCC2)no1. The highest BCUT2D eigenvalue weighted by molar-refractivity contribution is 5.78. The van der Waals surface area contributed by atoms with Crippen LogP contribution in [0, 0.1) is 5.82 Å². The average Bonchev–Trinajstić information content (AvgIpc) is 3.27. The van der Waals surface area contributed by atoms with Crippen molar-refractivity contribution in [3.63, 3.8) is 0 Å². The summed E-state index contributed by atoms with van der Waals surface area (Å²) >= 11 is 0. The van der Waals surface area contributed by atoms with Gasteiger partial charge in [-0.1, -0.05) is 54.5 Å². The van der Waals surface area contributed by atoms with Crippen LogP contribution >= 0.6 is 0 Å². The molecule has 0 radical (unpaired) electrons. The predicted octanol–water partition coefficient (Wildman–Crippen LogP) is 4.93. The Morgan fingerprint density at radius 1 is 1.13 bits per heavy atom. The minimum absolute atomic E-state index is 0.117. The standard InChI is InChI=1S/C24H27FN4O/c1-17(19-10-11-21(22(25)14-19)18-8-4-2-5-9-18)23-15-20(28-30-23)16-27-24(26)29-12-6-3-7-13-29/h2,4-5,8-11,14-15,17H,3,6-7,12-13,16H2,1H3,(H2,26,27). The third kappa shape index (κ3) is 4.53. The molecule has 0 spiro atoms. The van der Waals surface area contributed by atoms with Crippen LogP contribution in [-0.2, 0) is 6.54 Å². The van der Waals surface area contributed by atoms with Gasteiger partial charge in [-0.2, -0.15) is 0 Å². The largest absolute Gasteiger partial charge is 0.370 e. The molecule has 1 aliphatic rings. The minimum atomic E-state index is -0.246. The van der Waals surface area contributed by atoms with Crippen molar-refractivity contribution in [2.75, 3.05) is 13.1 Å². The lowest BCUT2D eigenvalue weighted by atomic mass is 9.95. The second kappa shape index (κ2) is 9.11. The van der Waals surface area contributed by atoms with Gasteiger partial charge in [-0.3, -0.25) is 0 Å². The fourth-order valence-corrected chi connectivity index (χ4v) is 3.81. The number of nitrogens with two attached hydrogens (primary N) is 1. The number of piperidine rings is 1. The summed E-state index contributed by atoms with van der Waals surface area (Å²) in [6, 6.07) is 16.7. The zero-order valence-electron chi connectivity index (χ0n) is 17.2. The number of nitrogens with zero attached hydrogens (tertiary/aromatic N) is 3. The lowest BCUT2D eigenvalue weighted by Crippen LogP contribution is -2.40. The first kappa shape index (κ1) is 20.1. The van der Waals surface area contributed by atoms with E-state index < -0.39 is 0 Å². The van der Waals surface area contributed by atoms with Crippen molar-refractivity contribution in [3.05, 3.63) is 77.4 Å². The molecule has 4 rings (SSSR count). The Morgan fingerprint density at radius 2 is 1.90 bits per heavy atom. The Labute approximate surface area is 176 Å². The minimum Gasteiger partial charge on any atom is -0.370 e. The molecule has 1 aliphatic heterocycles. The van der Waals surface area contributed by atoms with Crippen molar-refractivity contribution in [2.45, 2.75) is 38.6 Å². The van der Waals surface area contributed by atoms with Crippen LogP contribution in [0.3, 0.4) is 0 Å². The predicted molar refractivity (Wildman–Crippen MR) is 117 cm³/mol. The summed E-state index contributed by atoms with van der Waals surface area (Å²) in [5.74, 6) is 0.882. The Morgan fingerprint density at radius 3 is 2.63 bits per heavy atom. The molecule has 5 nitrogen and oxygen atoms in total. The van der Waals surface area contributed by atoms with Gasteiger partial charge < -0.3 is 15.2 Å². The highest BCUT2D eigenvalue weighted by Gasteiger charge is 2.17. The molecule has 2 aromatic carbocycles. The monoisotopic (exact) mass is 406 g/mol. The number of aliphatic imine (C=N–C) groups is 1. The van der Waals surface area contributed by atoms with Crippen molar-refractivity contribution >= 4 is 5.96 Å². The Bertz CT molecular complexity index is 1010. The van der Waals surface area contributed by atoms with Crippen molar-refractivity contribution in [1.29, 1.82) is 0 Å². The summed E-state index contributed by atoms with van der Waals surface area (Å²) in [6.07, 6.45) is 3.56. The third-order valence-corrected chi connectivity index (χ3v) is 5.67. The molecule has 2 heterocycles. The molecule has 1 saturated heterocycles. The normalized spacial score (nSPS) is 15.9. The first-order chi connectivity index (χ1) is 14.6. The van der Waals surface area contributed by atoms with Gasteiger partial charge in [0.25, 0.3) is 0 Å². The van der Waals surface area contributed by atoms with Gasteiger partial charge >= 0.3 is 0 Å². The molecule has 0 aliphatic carbocycles. The number of hydrogen-bond acceptors (Lipinski definition) is 3. The van der Waals surface area contributed by atoms with Gasteiger partial charge in [-0.15, -0.1) is 0 Å². The fourth-order valence-electron chi connectivity index (χ4n) is 3.81. The molecule has 156 valence electrons. The van der Waals surface area contributed by atoms with E-state index in [1.807, 2.05) is 55.5 Å². The Kier molecular flexibility index (Phi) is 6.12. The van der Waals surface area contributed by atoms with Crippen LogP contribution in [0.4, 0.5) is 4.39 Å². The molecule has 0 saturated carbocycles. The van der Waals surface area contributed by atoms with Crippen LogP contribution < -0.4 is 5.73 Å². The maximum Gasteiger partial charge on any atom is 0.191 e. The fraction of sp³-hybridized carbons (Fsp3) is 0.333. The van der Waals surface area contributed by atoms with Crippen LogP contribution in [0.15, 0.2) is 64.1 Å². The smallest absolute Gasteiger partial charge is 0.191 e. The molecule has 30 heavy (non-hydrogen) atoms. The first-order valence-corrected chi connectivity index (χ1v) is 10.5. The van der Waals surface area contributed by atoms with Crippen LogP contribution in [0.25, 0.3) is 11.1 Å². The highest BCUT2D eigenvalue weighted by atomic mass is 19.1. The van der Waals surface area contributed by atoms with Gasteiger partial charge in [0, 0.05) is 30.6 Å². The van der Waals surface area contributed by atoms with Gasteiger partial charge in [0.2, 0.25) is 0 Å². The topological polar surface area (TPSA) is 67.7 Å². The molecule has 1 atom stereocenters. The summed E-state index contributed by atoms with van der Waals surface area (Å²) in [5, 5.41) is 4.12. The highest BCUT2D eigenvalue weighted by Crippen LogP contribution is 2.29. The Hall–Kier alpha value is -3.15. The van der Waals surface area contributed by atoms with E-state index in [1.165, 1.54) is 6.42 Å². The van der Waals surface area contributed by atoms with Crippen LogP contribution in [-0.4, -0.2) is 29.1 Å². The van der Waals surface area contributed by atoms with Crippen LogP contribution in [0.1, 0.15) is 49.1 Å². The summed E-state index contributed by atoms with van der Waals surface area (Å²) in [4.78, 5) is 6.58. The molecule has 0 bridgehead atoms. The second-order valence-electron chi connectivity index (χ2n) is 7.77. The van der Waals surface area contributed by atoms with E-state index in [1.54, 1.807) is 6.07 Å². The van der Waals surface area contributed by atoms with Gasteiger partial charge in [0.1, 0.15) is 17.3 Å². The molecule has 1 aromatic heterocycles. The number of benzene rings is 2. The molecule has 6 heteroatoms. The second-order valence-corrected chi connectivity index (χ2v) is 7.77. The summed E-state index contributed by atoms with van der Waals surface area (Å²) in [5.41, 5.74) is 9.12. The van der Waals surface area contributed by atoms with Crippen LogP contribution in [0.2, 0.25) is 0 Å². The maximum atomic E-state index is 14.7. The lowest BCUT2D eigenvalue weighted by molar-refractivity contribution is 0.337. The van der Waals surface area contributed by atoms with Gasteiger partial charge in [-0.25, -0.2) is 9.38 Å². The van der Waals surface area contributed by atoms with E-state index >= 15 is 0 Å². The molecule has 1 unspecified atom stereocenters. The number of halogens is 1. The van der Waals surface area contributed by atoms with E-state index in [0.717, 1.165) is 42.8 Å². The number of guanidine groups is 1. The number of hydrogen-bond donors (Lipinski definition) is 1. The molecule has 2 N–H and O–H groups in total. The van der Waals surface area contributed by atoms with Crippen LogP contribution in [0.5, 0.6) is 0 Å². The van der Waals surface area contributed by atoms with Gasteiger partial charge in [0.05, 0.1) is 6.54 Å². The van der Waals surface area contributed by atoms with Gasteiger partial charge in [-0.05, 0) is 36.5 Å².